The molecule has 0 fully saturated rings. The number of aliphatic hydroxyl groups is 1. The molecule has 0 aliphatic heterocycles. The number of aromatic nitrogens is 1. The molecule has 0 spiro atoms. The maximum atomic E-state index is 12.5. The number of hydrogen-bond donors (Lipinski definition) is 2. The lowest BCUT2D eigenvalue weighted by Crippen LogP contribution is -2.15. The van der Waals surface area contributed by atoms with Crippen molar-refractivity contribution in [2.75, 3.05) is 4.72 Å². The average Bonchev–Trinajstić information content (AvgIpc) is 2.37. The van der Waals surface area contributed by atoms with E-state index in [9.17, 15) is 13.5 Å². The molecule has 6 heteroatoms. The van der Waals surface area contributed by atoms with E-state index >= 15 is 0 Å². The number of benzene rings is 1. The van der Waals surface area contributed by atoms with Crippen LogP contribution in [0.1, 0.15) is 22.3 Å². The Balaban J connectivity index is 2.44. The lowest BCUT2D eigenvalue weighted by molar-refractivity contribution is 0.280. The van der Waals surface area contributed by atoms with Crippen LogP contribution in [0.4, 0.5) is 5.69 Å². The van der Waals surface area contributed by atoms with Crippen molar-refractivity contribution in [3.8, 4) is 0 Å². The van der Waals surface area contributed by atoms with Gasteiger partial charge in [-0.3, -0.25) is 9.71 Å². The monoisotopic (exact) mass is 306 g/mol. The van der Waals surface area contributed by atoms with Crippen LogP contribution in [-0.4, -0.2) is 18.5 Å². The fourth-order valence-electron chi connectivity index (χ4n) is 2.16. The summed E-state index contributed by atoms with van der Waals surface area (Å²) in [5.41, 5.74) is 3.39. The molecule has 2 aromatic rings. The summed E-state index contributed by atoms with van der Waals surface area (Å²) < 4.78 is 27.5. The number of pyridine rings is 1. The van der Waals surface area contributed by atoms with Crippen LogP contribution in [0.5, 0.6) is 0 Å². The highest BCUT2D eigenvalue weighted by Gasteiger charge is 2.18. The van der Waals surface area contributed by atoms with Gasteiger partial charge in [0, 0.05) is 6.20 Å². The van der Waals surface area contributed by atoms with E-state index in [-0.39, 0.29) is 11.5 Å². The van der Waals surface area contributed by atoms with E-state index in [4.69, 9.17) is 0 Å². The highest BCUT2D eigenvalue weighted by molar-refractivity contribution is 7.92. The van der Waals surface area contributed by atoms with Crippen molar-refractivity contribution in [2.24, 2.45) is 0 Å². The van der Waals surface area contributed by atoms with Gasteiger partial charge in [0.2, 0.25) is 0 Å². The Morgan fingerprint density at radius 1 is 1.10 bits per heavy atom. The Hall–Kier alpha value is -1.92. The summed E-state index contributed by atoms with van der Waals surface area (Å²) in [5.74, 6) is 0. The van der Waals surface area contributed by atoms with Crippen molar-refractivity contribution >= 4 is 15.7 Å². The predicted octanol–water partition coefficient (Wildman–Crippen LogP) is 2.30. The maximum absolute atomic E-state index is 12.5. The summed E-state index contributed by atoms with van der Waals surface area (Å²) in [6.07, 6.45) is 3.11. The van der Waals surface area contributed by atoms with Crippen LogP contribution in [-0.2, 0) is 16.6 Å². The molecular weight excluding hydrogens is 288 g/mol. The summed E-state index contributed by atoms with van der Waals surface area (Å²) in [5, 5.41) is 9.30. The molecule has 2 N–H and O–H groups in total. The lowest BCUT2D eigenvalue weighted by atomic mass is 10.1. The average molecular weight is 306 g/mol. The second-order valence-corrected chi connectivity index (χ2v) is 6.71. The number of rotatable bonds is 4. The molecule has 0 radical (unpaired) electrons. The number of nitrogens with one attached hydrogen (secondary N) is 1. The third-order valence-corrected chi connectivity index (χ3v) is 4.74. The summed E-state index contributed by atoms with van der Waals surface area (Å²) in [7, 11) is -3.71. The van der Waals surface area contributed by atoms with Crippen LogP contribution in [0.25, 0.3) is 0 Å². The minimum Gasteiger partial charge on any atom is -0.392 e. The van der Waals surface area contributed by atoms with Gasteiger partial charge in [-0.25, -0.2) is 8.42 Å². The first kappa shape index (κ1) is 15.5. The Morgan fingerprint density at radius 3 is 2.43 bits per heavy atom. The normalized spacial score (nSPS) is 11.4. The molecule has 0 aliphatic carbocycles. The van der Waals surface area contributed by atoms with Crippen LogP contribution in [0.15, 0.2) is 35.5 Å². The number of aliphatic hydroxyl groups excluding tert-OH is 1. The number of aryl methyl sites for hydroxylation is 3. The molecule has 0 bridgehead atoms. The van der Waals surface area contributed by atoms with Gasteiger partial charge in [-0.05, 0) is 55.2 Å². The van der Waals surface area contributed by atoms with Crippen molar-refractivity contribution < 1.29 is 13.5 Å². The van der Waals surface area contributed by atoms with Gasteiger partial charge in [0.05, 0.1) is 23.4 Å². The molecule has 0 saturated heterocycles. The molecule has 0 unspecified atom stereocenters. The van der Waals surface area contributed by atoms with Gasteiger partial charge in [-0.15, -0.1) is 0 Å². The fraction of sp³-hybridized carbons (Fsp3) is 0.267. The molecule has 2 rings (SSSR count). The number of anilines is 1. The highest BCUT2D eigenvalue weighted by atomic mass is 32.2. The Kier molecular flexibility index (Phi) is 4.29. The fourth-order valence-corrected chi connectivity index (χ4v) is 3.47. The largest absolute Gasteiger partial charge is 0.392 e. The molecule has 0 atom stereocenters. The third-order valence-electron chi connectivity index (χ3n) is 3.22. The lowest BCUT2D eigenvalue weighted by Gasteiger charge is -2.13. The Morgan fingerprint density at radius 2 is 1.81 bits per heavy atom. The summed E-state index contributed by atoms with van der Waals surface area (Å²) in [4.78, 5) is 4.13. The topological polar surface area (TPSA) is 79.3 Å². The first-order valence-electron chi connectivity index (χ1n) is 6.49. The van der Waals surface area contributed by atoms with E-state index in [1.807, 2.05) is 13.8 Å². The number of nitrogens with zero attached hydrogens (tertiary/aromatic N) is 1. The number of sulfonamides is 1. The molecule has 1 heterocycles. The van der Waals surface area contributed by atoms with Gasteiger partial charge >= 0.3 is 0 Å². The van der Waals surface area contributed by atoms with Crippen LogP contribution in [0.2, 0.25) is 0 Å². The van der Waals surface area contributed by atoms with Crippen LogP contribution in [0.3, 0.4) is 0 Å². The van der Waals surface area contributed by atoms with E-state index in [0.717, 1.165) is 11.1 Å². The minimum absolute atomic E-state index is 0.165. The standard InChI is InChI=1S/C15H18N2O3S/c1-10-4-14(8-16-7-10)17-21(19,20)15-6-13(9-18)11(2)5-12(15)3/h4-8,17-18H,9H2,1-3H3. The van der Waals surface area contributed by atoms with Crippen LogP contribution >= 0.6 is 0 Å². The molecule has 5 nitrogen and oxygen atoms in total. The summed E-state index contributed by atoms with van der Waals surface area (Å²) in [6.45, 7) is 5.22. The van der Waals surface area contributed by atoms with E-state index < -0.39 is 10.0 Å². The predicted molar refractivity (Wildman–Crippen MR) is 81.6 cm³/mol. The molecule has 112 valence electrons. The summed E-state index contributed by atoms with van der Waals surface area (Å²) >= 11 is 0. The Labute approximate surface area is 124 Å². The molecule has 21 heavy (non-hydrogen) atoms. The third kappa shape index (κ3) is 3.40. The molecule has 0 amide bonds. The zero-order valence-corrected chi connectivity index (χ0v) is 13.0. The molecule has 0 aliphatic rings. The van der Waals surface area contributed by atoms with Crippen molar-refractivity contribution in [3.05, 3.63) is 52.8 Å². The molecular formula is C15H18N2O3S. The SMILES string of the molecule is Cc1cncc(NS(=O)(=O)c2cc(CO)c(C)cc2C)c1. The first-order valence-corrected chi connectivity index (χ1v) is 7.97. The minimum atomic E-state index is -3.71. The molecule has 0 saturated carbocycles. The molecule has 1 aromatic heterocycles. The van der Waals surface area contributed by atoms with Crippen LogP contribution < -0.4 is 4.72 Å². The van der Waals surface area contributed by atoms with Crippen molar-refractivity contribution in [1.29, 1.82) is 0 Å². The van der Waals surface area contributed by atoms with E-state index in [0.29, 0.717) is 16.8 Å². The van der Waals surface area contributed by atoms with Gasteiger partial charge in [0.25, 0.3) is 10.0 Å². The van der Waals surface area contributed by atoms with Gasteiger partial charge in [0.1, 0.15) is 0 Å². The zero-order chi connectivity index (χ0) is 15.6. The smallest absolute Gasteiger partial charge is 0.262 e. The maximum Gasteiger partial charge on any atom is 0.262 e. The first-order chi connectivity index (χ1) is 9.83. The van der Waals surface area contributed by atoms with Crippen LogP contribution in [0, 0.1) is 20.8 Å². The van der Waals surface area contributed by atoms with Gasteiger partial charge in [0.15, 0.2) is 0 Å². The molecule has 1 aromatic carbocycles. The zero-order valence-electron chi connectivity index (χ0n) is 12.2. The second-order valence-electron chi connectivity index (χ2n) is 5.06. The quantitative estimate of drug-likeness (QED) is 0.908. The van der Waals surface area contributed by atoms with Crippen molar-refractivity contribution in [2.45, 2.75) is 32.3 Å². The Bertz CT molecular complexity index is 770. The number of hydrogen-bond acceptors (Lipinski definition) is 4. The van der Waals surface area contributed by atoms with Crippen molar-refractivity contribution in [1.82, 2.24) is 4.98 Å². The van der Waals surface area contributed by atoms with E-state index in [1.54, 1.807) is 25.3 Å². The second kappa shape index (κ2) is 5.83. The van der Waals surface area contributed by atoms with E-state index in [1.165, 1.54) is 12.3 Å². The summed E-state index contributed by atoms with van der Waals surface area (Å²) in [6, 6.07) is 4.98. The van der Waals surface area contributed by atoms with Gasteiger partial charge in [-0.1, -0.05) is 6.07 Å². The van der Waals surface area contributed by atoms with Crippen molar-refractivity contribution in [3.63, 3.8) is 0 Å². The van der Waals surface area contributed by atoms with Gasteiger partial charge in [-0.2, -0.15) is 0 Å². The van der Waals surface area contributed by atoms with Gasteiger partial charge < -0.3 is 5.11 Å². The van der Waals surface area contributed by atoms with E-state index in [2.05, 4.69) is 9.71 Å². The highest BCUT2D eigenvalue weighted by Crippen LogP contribution is 2.23.